The SMILES string of the molecule is CCC(C)OC(=O)O[C@@H](C)CC(N)(Cc1ccc(OC(=O)OC(C)(C)CC)c(OC(=O)OC(C)(C)CC)c1)C(=O)O. The van der Waals surface area contributed by atoms with Crippen molar-refractivity contribution in [2.45, 2.75) is 123 Å². The first-order valence-corrected chi connectivity index (χ1v) is 13.7. The van der Waals surface area contributed by atoms with E-state index in [4.69, 9.17) is 34.2 Å². The Hall–Kier alpha value is -3.54. The second kappa shape index (κ2) is 14.9. The Morgan fingerprint density at radius 1 is 0.805 bits per heavy atom. The zero-order chi connectivity index (χ0) is 31.6. The molecule has 0 amide bonds. The summed E-state index contributed by atoms with van der Waals surface area (Å²) in [5.74, 6) is -1.71. The van der Waals surface area contributed by atoms with E-state index in [9.17, 15) is 24.3 Å². The van der Waals surface area contributed by atoms with Crippen LogP contribution in [0.2, 0.25) is 0 Å². The van der Waals surface area contributed by atoms with Crippen molar-refractivity contribution in [2.75, 3.05) is 0 Å². The minimum absolute atomic E-state index is 0.153. The molecule has 1 aromatic rings. The Morgan fingerprint density at radius 3 is 1.76 bits per heavy atom. The van der Waals surface area contributed by atoms with Gasteiger partial charge in [-0.25, -0.2) is 14.4 Å². The third-order valence-corrected chi connectivity index (χ3v) is 6.58. The van der Waals surface area contributed by atoms with Crippen LogP contribution in [0, 0.1) is 0 Å². The lowest BCUT2D eigenvalue weighted by Crippen LogP contribution is -2.52. The maximum absolute atomic E-state index is 12.6. The van der Waals surface area contributed by atoms with Gasteiger partial charge in [-0.3, -0.25) is 4.79 Å². The average molecular weight is 584 g/mol. The quantitative estimate of drug-likeness (QED) is 0.146. The highest BCUT2D eigenvalue weighted by atomic mass is 16.8. The first kappa shape index (κ1) is 35.5. The van der Waals surface area contributed by atoms with Crippen molar-refractivity contribution in [2.24, 2.45) is 5.73 Å². The van der Waals surface area contributed by atoms with Crippen LogP contribution >= 0.6 is 0 Å². The minimum Gasteiger partial charge on any atom is -0.480 e. The third-order valence-electron chi connectivity index (χ3n) is 6.58. The highest BCUT2D eigenvalue weighted by Crippen LogP contribution is 2.32. The van der Waals surface area contributed by atoms with E-state index in [0.717, 1.165) is 0 Å². The van der Waals surface area contributed by atoms with Gasteiger partial charge in [-0.1, -0.05) is 26.8 Å². The molecule has 0 spiro atoms. The van der Waals surface area contributed by atoms with Crippen molar-refractivity contribution in [3.8, 4) is 11.5 Å². The van der Waals surface area contributed by atoms with E-state index in [-0.39, 0.29) is 30.4 Å². The second-order valence-corrected chi connectivity index (χ2v) is 11.3. The van der Waals surface area contributed by atoms with Gasteiger partial charge in [0.25, 0.3) is 0 Å². The molecule has 0 heterocycles. The molecule has 3 N–H and O–H groups in total. The molecule has 12 nitrogen and oxygen atoms in total. The Bertz CT molecular complexity index is 1070. The molecule has 1 aromatic carbocycles. The molecule has 232 valence electrons. The van der Waals surface area contributed by atoms with Crippen LogP contribution in [0.4, 0.5) is 14.4 Å². The maximum Gasteiger partial charge on any atom is 0.514 e. The van der Waals surface area contributed by atoms with Crippen molar-refractivity contribution >= 4 is 24.4 Å². The third kappa shape index (κ3) is 12.2. The fourth-order valence-electron chi connectivity index (χ4n) is 3.24. The number of hydrogen-bond donors (Lipinski definition) is 2. The van der Waals surface area contributed by atoms with E-state index in [1.54, 1.807) is 34.6 Å². The molecule has 0 saturated heterocycles. The summed E-state index contributed by atoms with van der Waals surface area (Å²) in [5.41, 5.74) is 3.07. The van der Waals surface area contributed by atoms with Gasteiger partial charge in [-0.2, -0.15) is 0 Å². The predicted octanol–water partition coefficient (Wildman–Crippen LogP) is 6.15. The Labute approximate surface area is 241 Å². The smallest absolute Gasteiger partial charge is 0.480 e. The van der Waals surface area contributed by atoms with Gasteiger partial charge in [-0.05, 0) is 78.5 Å². The van der Waals surface area contributed by atoms with E-state index < -0.39 is 47.3 Å². The summed E-state index contributed by atoms with van der Waals surface area (Å²) >= 11 is 0. The fourth-order valence-corrected chi connectivity index (χ4v) is 3.24. The molecule has 0 saturated carbocycles. The summed E-state index contributed by atoms with van der Waals surface area (Å²) in [6.07, 6.45) is -3.16. The molecule has 1 rings (SSSR count). The van der Waals surface area contributed by atoms with Gasteiger partial charge < -0.3 is 39.3 Å². The largest absolute Gasteiger partial charge is 0.514 e. The van der Waals surface area contributed by atoms with Gasteiger partial charge in [-0.15, -0.1) is 0 Å². The maximum atomic E-state index is 12.6. The van der Waals surface area contributed by atoms with Crippen LogP contribution in [-0.2, 0) is 30.2 Å². The number of carboxylic acids is 1. The van der Waals surface area contributed by atoms with Crippen molar-refractivity contribution in [3.63, 3.8) is 0 Å². The number of nitrogens with two attached hydrogens (primary N) is 1. The first-order chi connectivity index (χ1) is 18.8. The number of hydrogen-bond acceptors (Lipinski definition) is 11. The fraction of sp³-hybridized carbons (Fsp3) is 0.655. The number of ether oxygens (including phenoxy) is 6. The van der Waals surface area contributed by atoms with Crippen LogP contribution in [0.15, 0.2) is 18.2 Å². The van der Waals surface area contributed by atoms with Gasteiger partial charge in [0, 0.05) is 12.8 Å². The number of carbonyl (C=O) groups excluding carboxylic acids is 3. The molecule has 0 aliphatic heterocycles. The monoisotopic (exact) mass is 583 g/mol. The predicted molar refractivity (Wildman–Crippen MR) is 149 cm³/mol. The lowest BCUT2D eigenvalue weighted by atomic mass is 9.86. The van der Waals surface area contributed by atoms with E-state index in [1.807, 2.05) is 20.8 Å². The molecular weight excluding hydrogens is 538 g/mol. The van der Waals surface area contributed by atoms with Crippen LogP contribution in [0.3, 0.4) is 0 Å². The van der Waals surface area contributed by atoms with E-state index in [1.165, 1.54) is 25.1 Å². The lowest BCUT2D eigenvalue weighted by molar-refractivity contribution is -0.144. The van der Waals surface area contributed by atoms with Crippen LogP contribution < -0.4 is 15.2 Å². The highest BCUT2D eigenvalue weighted by molar-refractivity contribution is 5.79. The molecule has 0 bridgehead atoms. The second-order valence-electron chi connectivity index (χ2n) is 11.3. The number of rotatable bonds is 14. The van der Waals surface area contributed by atoms with E-state index >= 15 is 0 Å². The average Bonchev–Trinajstić information content (AvgIpc) is 2.84. The van der Waals surface area contributed by atoms with Crippen LogP contribution in [0.25, 0.3) is 0 Å². The standard InChI is InChI=1S/C29H45NO11/c1-10-18(4)36-24(33)37-19(5)16-29(30,23(31)32)17-20-13-14-21(38-25(34)40-27(6,7)11-2)22(15-20)39-26(35)41-28(8,9)12-3/h13-15,18-19H,10-12,16-17,30H2,1-9H3,(H,31,32)/t18?,19-,29?/m0/s1. The summed E-state index contributed by atoms with van der Waals surface area (Å²) in [6, 6.07) is 4.12. The van der Waals surface area contributed by atoms with Crippen molar-refractivity contribution in [3.05, 3.63) is 23.8 Å². The molecule has 0 fully saturated rings. The number of carboxylic acid groups (broad SMARTS) is 1. The molecule has 0 aliphatic carbocycles. The number of aliphatic carboxylic acids is 1. The highest BCUT2D eigenvalue weighted by Gasteiger charge is 2.38. The molecular formula is C29H45NO11. The van der Waals surface area contributed by atoms with Crippen LogP contribution in [0.5, 0.6) is 11.5 Å². The molecule has 0 aliphatic rings. The van der Waals surface area contributed by atoms with Crippen LogP contribution in [0.1, 0.15) is 93.6 Å². The molecule has 0 aromatic heterocycles. The normalized spacial score (nSPS) is 14.6. The first-order valence-electron chi connectivity index (χ1n) is 13.7. The van der Waals surface area contributed by atoms with Crippen molar-refractivity contribution in [1.82, 2.24) is 0 Å². The van der Waals surface area contributed by atoms with Gasteiger partial charge in [0.1, 0.15) is 28.9 Å². The molecule has 0 radical (unpaired) electrons. The Kier molecular flexibility index (Phi) is 12.9. The Balaban J connectivity index is 3.26. The van der Waals surface area contributed by atoms with Gasteiger partial charge in [0.05, 0.1) is 0 Å². The van der Waals surface area contributed by atoms with E-state index in [0.29, 0.717) is 24.8 Å². The Morgan fingerprint density at radius 2 is 1.29 bits per heavy atom. The molecule has 2 unspecified atom stereocenters. The summed E-state index contributed by atoms with van der Waals surface area (Å²) < 4.78 is 31.6. The van der Waals surface area contributed by atoms with Gasteiger partial charge in [0.15, 0.2) is 11.5 Å². The zero-order valence-electron chi connectivity index (χ0n) is 25.5. The summed E-state index contributed by atoms with van der Waals surface area (Å²) in [4.78, 5) is 49.2. The van der Waals surface area contributed by atoms with Crippen molar-refractivity contribution in [1.29, 1.82) is 0 Å². The zero-order valence-corrected chi connectivity index (χ0v) is 25.5. The lowest BCUT2D eigenvalue weighted by Gasteiger charge is -2.28. The van der Waals surface area contributed by atoms with Gasteiger partial charge >= 0.3 is 24.4 Å². The molecule has 41 heavy (non-hydrogen) atoms. The minimum atomic E-state index is -1.88. The topological polar surface area (TPSA) is 170 Å². The summed E-state index contributed by atoms with van der Waals surface area (Å²) in [6.45, 7) is 15.5. The van der Waals surface area contributed by atoms with Gasteiger partial charge in [0.2, 0.25) is 0 Å². The van der Waals surface area contributed by atoms with Crippen LogP contribution in [-0.4, -0.2) is 58.5 Å². The molecule has 12 heteroatoms. The number of benzene rings is 1. The van der Waals surface area contributed by atoms with E-state index in [2.05, 4.69) is 0 Å². The summed E-state index contributed by atoms with van der Waals surface area (Å²) in [5, 5.41) is 9.95. The summed E-state index contributed by atoms with van der Waals surface area (Å²) in [7, 11) is 0. The number of carbonyl (C=O) groups is 4. The molecule has 3 atom stereocenters. The van der Waals surface area contributed by atoms with Crippen molar-refractivity contribution < 1.29 is 52.7 Å².